The van der Waals surface area contributed by atoms with Crippen molar-refractivity contribution in [2.45, 2.75) is 42.8 Å². The molecule has 0 aliphatic carbocycles. The fourth-order valence-corrected chi connectivity index (χ4v) is 3.61. The molecule has 1 amide bonds. The Morgan fingerprint density at radius 1 is 1.26 bits per heavy atom. The van der Waals surface area contributed by atoms with E-state index in [0.717, 1.165) is 35.8 Å². The van der Waals surface area contributed by atoms with Crippen LogP contribution in [-0.2, 0) is 4.79 Å². The number of rotatable bonds is 3. The smallest absolute Gasteiger partial charge is 0.235 e. The zero-order valence-corrected chi connectivity index (χ0v) is 12.8. The van der Waals surface area contributed by atoms with Gasteiger partial charge >= 0.3 is 0 Å². The van der Waals surface area contributed by atoms with Crippen LogP contribution in [0.15, 0.2) is 29.2 Å². The van der Waals surface area contributed by atoms with Crippen molar-refractivity contribution in [3.8, 4) is 0 Å². The Kier molecular flexibility index (Phi) is 5.59. The lowest BCUT2D eigenvalue weighted by Gasteiger charge is -2.23. The Labute approximate surface area is 124 Å². The summed E-state index contributed by atoms with van der Waals surface area (Å²) in [7, 11) is 0. The quantitative estimate of drug-likeness (QED) is 0.779. The molecule has 2 nitrogen and oxygen atoms in total. The third-order valence-corrected chi connectivity index (χ3v) is 4.69. The molecule has 1 heterocycles. The summed E-state index contributed by atoms with van der Waals surface area (Å²) in [5.41, 5.74) is 0. The second kappa shape index (κ2) is 7.20. The van der Waals surface area contributed by atoms with Crippen LogP contribution < -0.4 is 0 Å². The molecule has 19 heavy (non-hydrogen) atoms. The van der Waals surface area contributed by atoms with E-state index in [4.69, 9.17) is 11.6 Å². The summed E-state index contributed by atoms with van der Waals surface area (Å²) >= 11 is 7.56. The normalized spacial score (nSPS) is 17.9. The lowest BCUT2D eigenvalue weighted by Crippen LogP contribution is -2.37. The van der Waals surface area contributed by atoms with Gasteiger partial charge in [0, 0.05) is 23.0 Å². The topological polar surface area (TPSA) is 20.3 Å². The fraction of sp³-hybridized carbons (Fsp3) is 0.533. The molecule has 1 atom stereocenters. The van der Waals surface area contributed by atoms with Gasteiger partial charge in [0.2, 0.25) is 5.91 Å². The van der Waals surface area contributed by atoms with Crippen molar-refractivity contribution in [2.75, 3.05) is 13.1 Å². The number of nitrogens with zero attached hydrogens (tertiary/aromatic N) is 1. The number of hydrogen-bond donors (Lipinski definition) is 0. The third kappa shape index (κ3) is 4.43. The van der Waals surface area contributed by atoms with Crippen LogP contribution in [0.4, 0.5) is 0 Å². The first-order chi connectivity index (χ1) is 9.16. The van der Waals surface area contributed by atoms with Crippen molar-refractivity contribution in [3.05, 3.63) is 29.3 Å². The van der Waals surface area contributed by atoms with Gasteiger partial charge in [-0.25, -0.2) is 0 Å². The molecule has 0 bridgehead atoms. The molecule has 0 aromatic heterocycles. The van der Waals surface area contributed by atoms with Crippen molar-refractivity contribution < 1.29 is 4.79 Å². The van der Waals surface area contributed by atoms with Crippen LogP contribution in [0.2, 0.25) is 5.02 Å². The van der Waals surface area contributed by atoms with E-state index < -0.39 is 0 Å². The van der Waals surface area contributed by atoms with E-state index in [2.05, 4.69) is 0 Å². The van der Waals surface area contributed by atoms with Crippen LogP contribution in [0.3, 0.4) is 0 Å². The second-order valence-electron chi connectivity index (χ2n) is 4.96. The van der Waals surface area contributed by atoms with E-state index in [0.29, 0.717) is 0 Å². The molecule has 0 saturated carbocycles. The standard InChI is InChI=1S/C15H20ClNOS/c1-12(19-14-8-6-7-13(16)11-14)15(18)17-9-4-2-3-5-10-17/h6-8,11-12H,2-5,9-10H2,1H3. The van der Waals surface area contributed by atoms with Gasteiger partial charge in [0.1, 0.15) is 0 Å². The minimum absolute atomic E-state index is 0.0448. The van der Waals surface area contributed by atoms with Crippen molar-refractivity contribution in [2.24, 2.45) is 0 Å². The fourth-order valence-electron chi connectivity index (χ4n) is 2.34. The number of carbonyl (C=O) groups is 1. The molecule has 2 rings (SSSR count). The minimum atomic E-state index is -0.0448. The van der Waals surface area contributed by atoms with Crippen LogP contribution >= 0.6 is 23.4 Å². The number of benzene rings is 1. The first-order valence-electron chi connectivity index (χ1n) is 6.88. The SMILES string of the molecule is CC(Sc1cccc(Cl)c1)C(=O)N1CCCCCC1. The molecule has 0 radical (unpaired) electrons. The first kappa shape index (κ1) is 14.7. The van der Waals surface area contributed by atoms with Gasteiger partial charge < -0.3 is 4.90 Å². The van der Waals surface area contributed by atoms with Crippen molar-refractivity contribution >= 4 is 29.3 Å². The number of carbonyl (C=O) groups excluding carboxylic acids is 1. The van der Waals surface area contributed by atoms with Gasteiger partial charge in [-0.3, -0.25) is 4.79 Å². The molecule has 0 spiro atoms. The molecular formula is C15H20ClNOS. The molecule has 1 aromatic rings. The summed E-state index contributed by atoms with van der Waals surface area (Å²) in [6.45, 7) is 3.82. The summed E-state index contributed by atoms with van der Waals surface area (Å²) in [6, 6.07) is 7.70. The Bertz CT molecular complexity index is 430. The summed E-state index contributed by atoms with van der Waals surface area (Å²) in [6.07, 6.45) is 4.78. The van der Waals surface area contributed by atoms with Crippen molar-refractivity contribution in [1.29, 1.82) is 0 Å². The van der Waals surface area contributed by atoms with Crippen LogP contribution in [-0.4, -0.2) is 29.1 Å². The zero-order chi connectivity index (χ0) is 13.7. The predicted molar refractivity (Wildman–Crippen MR) is 81.8 cm³/mol. The van der Waals surface area contributed by atoms with E-state index in [9.17, 15) is 4.79 Å². The number of amides is 1. The number of hydrogen-bond acceptors (Lipinski definition) is 2. The van der Waals surface area contributed by atoms with Gasteiger partial charge in [-0.15, -0.1) is 11.8 Å². The summed E-state index contributed by atoms with van der Waals surface area (Å²) < 4.78 is 0. The van der Waals surface area contributed by atoms with Gasteiger partial charge in [0.05, 0.1) is 5.25 Å². The first-order valence-corrected chi connectivity index (χ1v) is 8.13. The predicted octanol–water partition coefficient (Wildman–Crippen LogP) is 4.22. The monoisotopic (exact) mass is 297 g/mol. The van der Waals surface area contributed by atoms with Gasteiger partial charge in [-0.2, -0.15) is 0 Å². The Morgan fingerprint density at radius 3 is 2.58 bits per heavy atom. The molecule has 1 aromatic carbocycles. The van der Waals surface area contributed by atoms with Gasteiger partial charge in [0.25, 0.3) is 0 Å². The van der Waals surface area contributed by atoms with Gasteiger partial charge in [-0.1, -0.05) is 30.5 Å². The average molecular weight is 298 g/mol. The highest BCUT2D eigenvalue weighted by atomic mass is 35.5. The van der Waals surface area contributed by atoms with Crippen molar-refractivity contribution in [1.82, 2.24) is 4.90 Å². The molecule has 1 fully saturated rings. The van der Waals surface area contributed by atoms with E-state index in [1.807, 2.05) is 36.1 Å². The lowest BCUT2D eigenvalue weighted by atomic mass is 10.2. The molecule has 104 valence electrons. The molecule has 1 saturated heterocycles. The maximum Gasteiger partial charge on any atom is 0.235 e. The van der Waals surface area contributed by atoms with Crippen LogP contribution in [0.25, 0.3) is 0 Å². The average Bonchev–Trinajstić information content (AvgIpc) is 2.66. The maximum atomic E-state index is 12.4. The minimum Gasteiger partial charge on any atom is -0.342 e. The van der Waals surface area contributed by atoms with Crippen LogP contribution in [0, 0.1) is 0 Å². The van der Waals surface area contributed by atoms with Crippen molar-refractivity contribution in [3.63, 3.8) is 0 Å². The van der Waals surface area contributed by atoms with E-state index in [1.165, 1.54) is 12.8 Å². The van der Waals surface area contributed by atoms with Crippen LogP contribution in [0.1, 0.15) is 32.6 Å². The summed E-state index contributed by atoms with van der Waals surface area (Å²) in [5.74, 6) is 0.256. The number of likely N-dealkylation sites (tertiary alicyclic amines) is 1. The highest BCUT2D eigenvalue weighted by molar-refractivity contribution is 8.00. The van der Waals surface area contributed by atoms with Crippen LogP contribution in [0.5, 0.6) is 0 Å². The van der Waals surface area contributed by atoms with Gasteiger partial charge in [-0.05, 0) is 38.0 Å². The van der Waals surface area contributed by atoms with E-state index >= 15 is 0 Å². The molecule has 0 N–H and O–H groups in total. The number of thioether (sulfide) groups is 1. The Hall–Kier alpha value is -0.670. The Morgan fingerprint density at radius 2 is 1.95 bits per heavy atom. The van der Waals surface area contributed by atoms with E-state index in [-0.39, 0.29) is 11.2 Å². The molecule has 1 unspecified atom stereocenters. The summed E-state index contributed by atoms with van der Waals surface area (Å²) in [5, 5.41) is 0.677. The maximum absolute atomic E-state index is 12.4. The number of halogens is 1. The highest BCUT2D eigenvalue weighted by Crippen LogP contribution is 2.27. The van der Waals surface area contributed by atoms with Gasteiger partial charge in [0.15, 0.2) is 0 Å². The summed E-state index contributed by atoms with van der Waals surface area (Å²) in [4.78, 5) is 15.5. The lowest BCUT2D eigenvalue weighted by molar-refractivity contribution is -0.130. The molecule has 4 heteroatoms. The Balaban J connectivity index is 1.94. The highest BCUT2D eigenvalue weighted by Gasteiger charge is 2.22. The molecular weight excluding hydrogens is 278 g/mol. The molecule has 1 aliphatic rings. The molecule has 1 aliphatic heterocycles. The van der Waals surface area contributed by atoms with E-state index in [1.54, 1.807) is 11.8 Å². The zero-order valence-electron chi connectivity index (χ0n) is 11.3. The third-order valence-electron chi connectivity index (χ3n) is 3.37. The largest absolute Gasteiger partial charge is 0.342 e. The second-order valence-corrected chi connectivity index (χ2v) is 6.81.